The van der Waals surface area contributed by atoms with Crippen LogP contribution in [0.5, 0.6) is 0 Å². The summed E-state index contributed by atoms with van der Waals surface area (Å²) in [5, 5.41) is 24.0. The summed E-state index contributed by atoms with van der Waals surface area (Å²) in [4.78, 5) is 6.17. The van der Waals surface area contributed by atoms with Crippen LogP contribution in [0.2, 0.25) is 0 Å². The van der Waals surface area contributed by atoms with Gasteiger partial charge in [0.25, 0.3) is 0 Å². The van der Waals surface area contributed by atoms with E-state index in [2.05, 4.69) is 42.3 Å². The number of fused-ring (bicyclic) bond motifs is 2. The van der Waals surface area contributed by atoms with E-state index in [-0.39, 0.29) is 23.8 Å². The van der Waals surface area contributed by atoms with Crippen LogP contribution in [0.25, 0.3) is 16.3 Å². The van der Waals surface area contributed by atoms with Crippen molar-refractivity contribution in [2.75, 3.05) is 19.8 Å². The lowest BCUT2D eigenvalue weighted by molar-refractivity contribution is -0.282. The number of rotatable bonds is 2. The summed E-state index contributed by atoms with van der Waals surface area (Å²) in [5.74, 6) is 0.716. The smallest absolute Gasteiger partial charge is 0.171 e. The summed E-state index contributed by atoms with van der Waals surface area (Å²) in [7, 11) is 3.75. The number of halogens is 1. The Morgan fingerprint density at radius 2 is 1.97 bits per heavy atom. The molecular weight excluding hydrogens is 469 g/mol. The molecule has 0 amide bonds. The van der Waals surface area contributed by atoms with Crippen LogP contribution in [0, 0.1) is 11.3 Å². The number of ether oxygens (including phenoxy) is 1. The van der Waals surface area contributed by atoms with E-state index >= 15 is 4.39 Å². The molecule has 2 aromatic rings. The Bertz CT molecular complexity index is 1380. The summed E-state index contributed by atoms with van der Waals surface area (Å²) in [5.41, 5.74) is 5.84. The third kappa shape index (κ3) is 2.81. The van der Waals surface area contributed by atoms with Crippen molar-refractivity contribution in [3.63, 3.8) is 0 Å². The molecule has 2 spiro atoms. The van der Waals surface area contributed by atoms with Crippen LogP contribution in [0.1, 0.15) is 51.0 Å². The second kappa shape index (κ2) is 7.41. The summed E-state index contributed by atoms with van der Waals surface area (Å²) in [6.07, 6.45) is 7.08. The maximum atomic E-state index is 16.9. The van der Waals surface area contributed by atoms with E-state index in [1.807, 2.05) is 25.1 Å². The van der Waals surface area contributed by atoms with E-state index in [9.17, 15) is 10.2 Å². The highest BCUT2D eigenvalue weighted by Crippen LogP contribution is 2.70. The van der Waals surface area contributed by atoms with E-state index in [1.54, 1.807) is 6.20 Å². The van der Waals surface area contributed by atoms with Gasteiger partial charge in [-0.15, -0.1) is 0 Å². The van der Waals surface area contributed by atoms with Crippen molar-refractivity contribution in [3.8, 4) is 0 Å². The molecule has 3 heterocycles. The monoisotopic (exact) mass is 505 g/mol. The fraction of sp³-hybridized carbons (Fsp3) is 0.567. The van der Waals surface area contributed by atoms with Gasteiger partial charge in [-0.3, -0.25) is 0 Å². The zero-order valence-corrected chi connectivity index (χ0v) is 21.7. The van der Waals surface area contributed by atoms with Crippen molar-refractivity contribution in [2.24, 2.45) is 11.3 Å². The van der Waals surface area contributed by atoms with Crippen LogP contribution in [-0.4, -0.2) is 69.3 Å². The van der Waals surface area contributed by atoms with E-state index < -0.39 is 29.1 Å². The molecule has 6 nitrogen and oxygen atoms in total. The van der Waals surface area contributed by atoms with Crippen LogP contribution < -0.4 is 5.73 Å². The molecular formula is C30H36FN3O3. The van der Waals surface area contributed by atoms with Crippen LogP contribution in [-0.2, 0) is 4.74 Å². The van der Waals surface area contributed by atoms with Crippen molar-refractivity contribution in [1.82, 2.24) is 9.88 Å². The van der Waals surface area contributed by atoms with E-state index in [0.717, 1.165) is 41.2 Å². The largest absolute Gasteiger partial charge is 0.389 e. The highest BCUT2D eigenvalue weighted by Gasteiger charge is 2.76. The normalized spacial score (nSPS) is 44.3. The number of anilines is 1. The molecule has 2 bridgehead atoms. The maximum Gasteiger partial charge on any atom is 0.171 e. The highest BCUT2D eigenvalue weighted by molar-refractivity contribution is 5.94. The van der Waals surface area contributed by atoms with E-state index in [4.69, 9.17) is 10.5 Å². The average Bonchev–Trinajstić information content (AvgIpc) is 3.40. The first-order valence-electron chi connectivity index (χ1n) is 13.5. The third-order valence-electron chi connectivity index (χ3n) is 10.8. The summed E-state index contributed by atoms with van der Waals surface area (Å²) in [6.45, 7) is 2.32. The number of alkyl halides is 1. The van der Waals surface area contributed by atoms with Gasteiger partial charge in [-0.2, -0.15) is 0 Å². The quantitative estimate of drug-likeness (QED) is 0.534. The van der Waals surface area contributed by atoms with E-state index in [1.165, 1.54) is 5.57 Å². The predicted octanol–water partition coefficient (Wildman–Crippen LogP) is 4.01. The zero-order valence-electron chi connectivity index (χ0n) is 21.7. The first kappa shape index (κ1) is 23.8. The molecule has 4 N–H and O–H groups in total. The molecule has 0 radical (unpaired) electrons. The van der Waals surface area contributed by atoms with Gasteiger partial charge in [0, 0.05) is 35.4 Å². The highest BCUT2D eigenvalue weighted by atomic mass is 19.1. The maximum absolute atomic E-state index is 16.9. The molecule has 1 aromatic heterocycles. The Hall–Kier alpha value is -2.32. The zero-order chi connectivity index (χ0) is 26.0. The topological polar surface area (TPSA) is 91.8 Å². The molecule has 196 valence electrons. The minimum Gasteiger partial charge on any atom is -0.389 e. The summed E-state index contributed by atoms with van der Waals surface area (Å²) in [6, 6.07) is 8.05. The lowest BCUT2D eigenvalue weighted by Crippen LogP contribution is -2.73. The molecule has 1 saturated carbocycles. The molecule has 3 aliphatic carbocycles. The minimum absolute atomic E-state index is 0.130. The standard InChI is InChI=1S/C30H36FN3O3/c1-27-10-8-19-15-30(31)25(36)24(35)22(34(2)3)16-28(30)11-12-29(19,37-28)23(27)7-6-21(27)18-5-4-17-9-13-33-26(32)20(17)14-18/h4-6,8-9,13-14,22-25,35-36H,7,10-12,15-16H2,1-3H3,(H2,32,33). The number of pyridine rings is 1. The fourth-order valence-electron chi connectivity index (χ4n) is 8.79. The summed E-state index contributed by atoms with van der Waals surface area (Å²) >= 11 is 0. The van der Waals surface area contributed by atoms with Crippen molar-refractivity contribution >= 4 is 22.2 Å². The Morgan fingerprint density at radius 3 is 2.76 bits per heavy atom. The number of nitrogens with two attached hydrogens (primary N) is 1. The van der Waals surface area contributed by atoms with Crippen LogP contribution in [0.15, 0.2) is 48.2 Å². The Labute approximate surface area is 217 Å². The minimum atomic E-state index is -1.99. The van der Waals surface area contributed by atoms with Crippen molar-refractivity contribution < 1.29 is 19.3 Å². The molecule has 8 atom stereocenters. The van der Waals surface area contributed by atoms with Gasteiger partial charge < -0.3 is 25.6 Å². The number of aromatic nitrogens is 1. The number of likely N-dealkylation sites (N-methyl/N-ethyl adjacent to an activating group) is 1. The van der Waals surface area contributed by atoms with Crippen molar-refractivity contribution in [3.05, 3.63) is 53.8 Å². The van der Waals surface area contributed by atoms with Gasteiger partial charge in [-0.1, -0.05) is 31.2 Å². The SMILES string of the molecule is CN(C)C1CC23CCC4(O2)C(=CCC2(C)C(c5ccc6ccnc(N)c6c5)=CCC24)CC3(F)C(O)C1O. The van der Waals surface area contributed by atoms with Gasteiger partial charge in [0.05, 0.1) is 11.7 Å². The first-order valence-corrected chi connectivity index (χ1v) is 13.5. The van der Waals surface area contributed by atoms with Crippen LogP contribution >= 0.6 is 0 Å². The molecule has 7 rings (SSSR count). The van der Waals surface area contributed by atoms with Crippen LogP contribution in [0.3, 0.4) is 0 Å². The molecule has 5 aliphatic rings. The molecule has 7 heteroatoms. The predicted molar refractivity (Wildman–Crippen MR) is 141 cm³/mol. The molecule has 2 saturated heterocycles. The first-order chi connectivity index (χ1) is 17.5. The van der Waals surface area contributed by atoms with Gasteiger partial charge in [-0.05, 0) is 80.4 Å². The molecule has 8 unspecified atom stereocenters. The van der Waals surface area contributed by atoms with Crippen LogP contribution in [0.4, 0.5) is 10.2 Å². The van der Waals surface area contributed by atoms with Gasteiger partial charge >= 0.3 is 0 Å². The second-order valence-corrected chi connectivity index (χ2v) is 12.6. The molecule has 1 aromatic carbocycles. The lowest BCUT2D eigenvalue weighted by atomic mass is 9.56. The van der Waals surface area contributed by atoms with Crippen molar-refractivity contribution in [2.45, 2.75) is 80.6 Å². The fourth-order valence-corrected chi connectivity index (χ4v) is 8.79. The Morgan fingerprint density at radius 1 is 1.16 bits per heavy atom. The van der Waals surface area contributed by atoms with E-state index in [0.29, 0.717) is 18.7 Å². The number of allylic oxidation sites excluding steroid dienone is 3. The third-order valence-corrected chi connectivity index (χ3v) is 10.8. The number of nitrogen functional groups attached to an aromatic ring is 1. The number of nitrogens with zero attached hydrogens (tertiary/aromatic N) is 2. The number of aliphatic hydroxyl groups is 2. The molecule has 2 aliphatic heterocycles. The Balaban J connectivity index is 1.29. The van der Waals surface area contributed by atoms with Gasteiger partial charge in [0.2, 0.25) is 0 Å². The van der Waals surface area contributed by atoms with Gasteiger partial charge in [0.15, 0.2) is 5.67 Å². The molecule has 37 heavy (non-hydrogen) atoms. The lowest BCUT2D eigenvalue weighted by Gasteiger charge is -2.61. The second-order valence-electron chi connectivity index (χ2n) is 12.6. The number of hydrogen-bond donors (Lipinski definition) is 3. The number of aliphatic hydroxyl groups excluding tert-OH is 2. The average molecular weight is 506 g/mol. The van der Waals surface area contributed by atoms with Crippen molar-refractivity contribution in [1.29, 1.82) is 0 Å². The number of benzene rings is 1. The summed E-state index contributed by atoms with van der Waals surface area (Å²) < 4.78 is 23.9. The Kier molecular flexibility index (Phi) is 4.76. The van der Waals surface area contributed by atoms with Gasteiger partial charge in [0.1, 0.15) is 17.5 Å². The number of hydrogen-bond acceptors (Lipinski definition) is 6. The molecule has 3 fully saturated rings. The van der Waals surface area contributed by atoms with Gasteiger partial charge in [-0.25, -0.2) is 9.37 Å².